The average molecular weight is 311 g/mol. The molecule has 6 heteroatoms. The standard InChI is InChI=1S/C16H17N5S/c1-2-5-14-13(4-1)19-15(22-14)12-20-8-10-21(11-9-20)16-17-6-3-7-18-16/h1-7H,8-12H2. The Labute approximate surface area is 133 Å². The minimum Gasteiger partial charge on any atom is -0.338 e. The maximum Gasteiger partial charge on any atom is 0.225 e. The predicted octanol–water partition coefficient (Wildman–Crippen LogP) is 2.41. The molecule has 4 rings (SSSR count). The van der Waals surface area contributed by atoms with Gasteiger partial charge in [0.25, 0.3) is 0 Å². The van der Waals surface area contributed by atoms with Gasteiger partial charge in [0.05, 0.1) is 16.8 Å². The molecule has 1 aliphatic heterocycles. The third-order valence-electron chi connectivity index (χ3n) is 3.90. The monoisotopic (exact) mass is 311 g/mol. The molecule has 3 aromatic rings. The van der Waals surface area contributed by atoms with Gasteiger partial charge in [-0.15, -0.1) is 11.3 Å². The van der Waals surface area contributed by atoms with Crippen LogP contribution < -0.4 is 4.90 Å². The van der Waals surface area contributed by atoms with Gasteiger partial charge >= 0.3 is 0 Å². The Bertz CT molecular complexity index is 716. The molecule has 0 radical (unpaired) electrons. The molecule has 0 atom stereocenters. The fourth-order valence-corrected chi connectivity index (χ4v) is 3.75. The van der Waals surface area contributed by atoms with Crippen LogP contribution in [0, 0.1) is 0 Å². The maximum atomic E-state index is 4.72. The average Bonchev–Trinajstić information content (AvgIpc) is 2.98. The Morgan fingerprint density at radius 3 is 2.50 bits per heavy atom. The van der Waals surface area contributed by atoms with E-state index in [-0.39, 0.29) is 0 Å². The van der Waals surface area contributed by atoms with Crippen molar-refractivity contribution in [1.82, 2.24) is 19.9 Å². The van der Waals surface area contributed by atoms with E-state index in [9.17, 15) is 0 Å². The molecule has 0 spiro atoms. The highest BCUT2D eigenvalue weighted by molar-refractivity contribution is 7.18. The van der Waals surface area contributed by atoms with E-state index in [1.807, 2.05) is 12.1 Å². The molecule has 3 heterocycles. The summed E-state index contributed by atoms with van der Waals surface area (Å²) in [6.45, 7) is 4.91. The third kappa shape index (κ3) is 2.80. The molecule has 1 fully saturated rings. The van der Waals surface area contributed by atoms with Crippen LogP contribution in [0.4, 0.5) is 5.95 Å². The van der Waals surface area contributed by atoms with Crippen LogP contribution >= 0.6 is 11.3 Å². The molecule has 0 N–H and O–H groups in total. The Morgan fingerprint density at radius 1 is 0.955 bits per heavy atom. The zero-order valence-electron chi connectivity index (χ0n) is 12.2. The van der Waals surface area contributed by atoms with Crippen molar-refractivity contribution in [2.45, 2.75) is 6.54 Å². The molecule has 5 nitrogen and oxygen atoms in total. The van der Waals surface area contributed by atoms with E-state index in [0.29, 0.717) is 0 Å². The number of hydrogen-bond donors (Lipinski definition) is 0. The summed E-state index contributed by atoms with van der Waals surface area (Å²) >= 11 is 1.80. The van der Waals surface area contributed by atoms with Crippen molar-refractivity contribution in [2.75, 3.05) is 31.1 Å². The second-order valence-electron chi connectivity index (χ2n) is 5.39. The van der Waals surface area contributed by atoms with Gasteiger partial charge in [0.1, 0.15) is 5.01 Å². The lowest BCUT2D eigenvalue weighted by atomic mass is 10.3. The van der Waals surface area contributed by atoms with Crippen molar-refractivity contribution in [1.29, 1.82) is 0 Å². The van der Waals surface area contributed by atoms with Gasteiger partial charge in [0.2, 0.25) is 5.95 Å². The number of thiazole rings is 1. The topological polar surface area (TPSA) is 45.2 Å². The normalized spacial score (nSPS) is 16.3. The van der Waals surface area contributed by atoms with Gasteiger partial charge in [-0.3, -0.25) is 4.90 Å². The third-order valence-corrected chi connectivity index (χ3v) is 4.93. The Morgan fingerprint density at radius 2 is 1.73 bits per heavy atom. The molecule has 2 aromatic heterocycles. The lowest BCUT2D eigenvalue weighted by Gasteiger charge is -2.34. The predicted molar refractivity (Wildman–Crippen MR) is 89.1 cm³/mol. The van der Waals surface area contributed by atoms with Gasteiger partial charge in [0, 0.05) is 38.6 Å². The molecule has 0 unspecified atom stereocenters. The number of anilines is 1. The van der Waals surface area contributed by atoms with E-state index in [1.165, 1.54) is 9.71 Å². The van der Waals surface area contributed by atoms with Crippen LogP contribution in [0.25, 0.3) is 10.2 Å². The summed E-state index contributed by atoms with van der Waals surface area (Å²) in [5.41, 5.74) is 1.11. The highest BCUT2D eigenvalue weighted by Crippen LogP contribution is 2.23. The summed E-state index contributed by atoms with van der Waals surface area (Å²) in [6.07, 6.45) is 3.60. The summed E-state index contributed by atoms with van der Waals surface area (Å²) in [6, 6.07) is 10.2. The SMILES string of the molecule is c1cnc(N2CCN(Cc3nc4ccccc4s3)CC2)nc1. The number of hydrogen-bond acceptors (Lipinski definition) is 6. The summed E-state index contributed by atoms with van der Waals surface area (Å²) in [4.78, 5) is 18.1. The first-order valence-corrected chi connectivity index (χ1v) is 8.29. The molecule has 0 aliphatic carbocycles. The summed E-state index contributed by atoms with van der Waals surface area (Å²) in [5.74, 6) is 0.835. The Kier molecular flexibility index (Phi) is 3.70. The van der Waals surface area contributed by atoms with E-state index in [2.05, 4.69) is 38.0 Å². The number of fused-ring (bicyclic) bond motifs is 1. The molecular formula is C16H17N5S. The first-order valence-electron chi connectivity index (χ1n) is 7.47. The van der Waals surface area contributed by atoms with Crippen molar-refractivity contribution in [2.24, 2.45) is 0 Å². The van der Waals surface area contributed by atoms with Crippen LogP contribution in [0.2, 0.25) is 0 Å². The van der Waals surface area contributed by atoms with Crippen molar-refractivity contribution in [3.8, 4) is 0 Å². The second kappa shape index (κ2) is 5.98. The van der Waals surface area contributed by atoms with E-state index in [4.69, 9.17) is 4.98 Å². The van der Waals surface area contributed by atoms with E-state index < -0.39 is 0 Å². The van der Waals surface area contributed by atoms with Crippen molar-refractivity contribution >= 4 is 27.5 Å². The highest BCUT2D eigenvalue weighted by atomic mass is 32.1. The molecule has 0 amide bonds. The van der Waals surface area contributed by atoms with Gasteiger partial charge in [0.15, 0.2) is 0 Å². The number of benzene rings is 1. The Balaban J connectivity index is 1.39. The maximum absolute atomic E-state index is 4.72. The van der Waals surface area contributed by atoms with Crippen molar-refractivity contribution in [3.63, 3.8) is 0 Å². The molecule has 22 heavy (non-hydrogen) atoms. The largest absolute Gasteiger partial charge is 0.338 e. The zero-order chi connectivity index (χ0) is 14.8. The van der Waals surface area contributed by atoms with Crippen LogP contribution in [0.1, 0.15) is 5.01 Å². The first kappa shape index (κ1) is 13.6. The lowest BCUT2D eigenvalue weighted by molar-refractivity contribution is 0.248. The number of rotatable bonds is 3. The first-order chi connectivity index (χ1) is 10.9. The summed E-state index contributed by atoms with van der Waals surface area (Å²) < 4.78 is 1.27. The van der Waals surface area contributed by atoms with E-state index >= 15 is 0 Å². The van der Waals surface area contributed by atoms with Crippen LogP contribution in [0.3, 0.4) is 0 Å². The molecule has 1 aromatic carbocycles. The molecule has 1 saturated heterocycles. The van der Waals surface area contributed by atoms with Gasteiger partial charge in [-0.1, -0.05) is 12.1 Å². The molecule has 0 saturated carbocycles. The van der Waals surface area contributed by atoms with Gasteiger partial charge in [-0.05, 0) is 18.2 Å². The molecule has 112 valence electrons. The molecule has 0 bridgehead atoms. The van der Waals surface area contributed by atoms with Crippen molar-refractivity contribution in [3.05, 3.63) is 47.7 Å². The Hall–Kier alpha value is -2.05. The second-order valence-corrected chi connectivity index (χ2v) is 6.50. The number of para-hydroxylation sites is 1. The fourth-order valence-electron chi connectivity index (χ4n) is 2.74. The van der Waals surface area contributed by atoms with E-state index in [1.54, 1.807) is 23.7 Å². The van der Waals surface area contributed by atoms with Gasteiger partial charge < -0.3 is 4.90 Å². The smallest absolute Gasteiger partial charge is 0.225 e. The quantitative estimate of drug-likeness (QED) is 0.743. The van der Waals surface area contributed by atoms with Crippen molar-refractivity contribution < 1.29 is 0 Å². The number of aromatic nitrogens is 3. The fraction of sp³-hybridized carbons (Fsp3) is 0.312. The molecule has 1 aliphatic rings. The summed E-state index contributed by atoms with van der Waals surface area (Å²) in [7, 11) is 0. The highest BCUT2D eigenvalue weighted by Gasteiger charge is 2.19. The van der Waals surface area contributed by atoms with Crippen LogP contribution in [0.5, 0.6) is 0 Å². The van der Waals surface area contributed by atoms with E-state index in [0.717, 1.165) is 44.2 Å². The number of piperazine rings is 1. The minimum absolute atomic E-state index is 0.835. The zero-order valence-corrected chi connectivity index (χ0v) is 13.0. The van der Waals surface area contributed by atoms with Gasteiger partial charge in [-0.25, -0.2) is 15.0 Å². The minimum atomic E-state index is 0.835. The lowest BCUT2D eigenvalue weighted by Crippen LogP contribution is -2.46. The van der Waals surface area contributed by atoms with Gasteiger partial charge in [-0.2, -0.15) is 0 Å². The summed E-state index contributed by atoms with van der Waals surface area (Å²) in [5, 5.41) is 1.20. The molecular weight excluding hydrogens is 294 g/mol. The van der Waals surface area contributed by atoms with Crippen LogP contribution in [-0.4, -0.2) is 46.0 Å². The van der Waals surface area contributed by atoms with Crippen LogP contribution in [0.15, 0.2) is 42.7 Å². The number of nitrogens with zero attached hydrogens (tertiary/aromatic N) is 5. The van der Waals surface area contributed by atoms with Crippen LogP contribution in [-0.2, 0) is 6.54 Å².